The number of rotatable bonds is 6. The van der Waals surface area contributed by atoms with Gasteiger partial charge in [-0.25, -0.2) is 0 Å². The first-order valence-corrected chi connectivity index (χ1v) is 11.8. The average molecular weight is 571 g/mol. The summed E-state index contributed by atoms with van der Waals surface area (Å²) in [5.41, 5.74) is -6.36. The highest BCUT2D eigenvalue weighted by atomic mass is 16.6. The molecule has 40 heavy (non-hydrogen) atoms. The number of ketones is 1. The number of Topliss-reactive ketones (excluding diaryl/α,β-unsaturated/α-hetero) is 1. The van der Waals surface area contributed by atoms with E-state index in [9.17, 15) is 66.1 Å². The zero-order valence-corrected chi connectivity index (χ0v) is 21.2. The first kappa shape index (κ1) is 29.1. The van der Waals surface area contributed by atoms with Gasteiger partial charge < -0.3 is 70.8 Å². The highest BCUT2D eigenvalue weighted by Gasteiger charge is 2.75. The molecule has 0 spiro atoms. The Morgan fingerprint density at radius 2 is 1.23 bits per heavy atom. The molecule has 0 radical (unpaired) electrons. The molecule has 1 unspecified atom stereocenters. The van der Waals surface area contributed by atoms with Gasteiger partial charge in [-0.3, -0.25) is 9.69 Å². The standard InChI is InChI=1S/C24H29NO15/c1-39-19-14(28)10-11(15(29)20(19)40-2)24(37,38)22(34,21(10)33)23(35,36)8-3-5-25(6-4-8)7-9-12(26)16(30)18(32)17(31)13(9)27/h8,26-32,34-38H,3-7H2,1-2H3. The number of fused-ring (bicyclic) bond motifs is 1. The number of nitrogens with zero attached hydrogens (tertiary/aromatic N) is 1. The van der Waals surface area contributed by atoms with Gasteiger partial charge in [-0.15, -0.1) is 0 Å². The van der Waals surface area contributed by atoms with E-state index in [1.807, 2.05) is 0 Å². The average Bonchev–Trinajstić information content (AvgIpc) is 3.09. The first-order chi connectivity index (χ1) is 18.5. The van der Waals surface area contributed by atoms with E-state index in [0.717, 1.165) is 14.2 Å². The Kier molecular flexibility index (Phi) is 6.78. The SMILES string of the molecule is COc1c(O)c2c(c(O)c1OC)C(O)(O)C(O)(C(O)(O)C1CCN(Cc3c(O)c(O)c(O)c(O)c3O)CC1)C2=O. The lowest BCUT2D eigenvalue weighted by Gasteiger charge is -2.47. The molecule has 1 atom stereocenters. The lowest BCUT2D eigenvalue weighted by molar-refractivity contribution is -0.375. The third-order valence-corrected chi connectivity index (χ3v) is 7.72. The summed E-state index contributed by atoms with van der Waals surface area (Å²) >= 11 is 0. The van der Waals surface area contributed by atoms with E-state index in [1.165, 1.54) is 4.90 Å². The molecule has 0 bridgehead atoms. The van der Waals surface area contributed by atoms with E-state index in [2.05, 4.69) is 0 Å². The van der Waals surface area contributed by atoms with Crippen molar-refractivity contribution in [3.8, 4) is 51.7 Å². The molecule has 1 aliphatic carbocycles. The van der Waals surface area contributed by atoms with Gasteiger partial charge in [0.15, 0.2) is 23.0 Å². The third-order valence-electron chi connectivity index (χ3n) is 7.72. The van der Waals surface area contributed by atoms with Crippen molar-refractivity contribution in [3.05, 3.63) is 16.7 Å². The number of likely N-dealkylation sites (tertiary alicyclic amines) is 1. The first-order valence-electron chi connectivity index (χ1n) is 11.8. The summed E-state index contributed by atoms with van der Waals surface area (Å²) in [5.74, 6) is -19.1. The van der Waals surface area contributed by atoms with Gasteiger partial charge in [0.1, 0.15) is 0 Å². The van der Waals surface area contributed by atoms with E-state index >= 15 is 0 Å². The monoisotopic (exact) mass is 571 g/mol. The summed E-state index contributed by atoms with van der Waals surface area (Å²) in [5, 5.41) is 126. The van der Waals surface area contributed by atoms with Crippen LogP contribution < -0.4 is 9.47 Å². The van der Waals surface area contributed by atoms with Crippen molar-refractivity contribution in [1.29, 1.82) is 0 Å². The summed E-state index contributed by atoms with van der Waals surface area (Å²) in [6, 6.07) is 0. The topological polar surface area (TPSA) is 282 Å². The Labute approximate surface area is 225 Å². The Balaban J connectivity index is 1.65. The Bertz CT molecular complexity index is 1350. The molecule has 220 valence electrons. The second-order valence-corrected chi connectivity index (χ2v) is 9.72. The van der Waals surface area contributed by atoms with E-state index in [0.29, 0.717) is 0 Å². The van der Waals surface area contributed by atoms with Crippen molar-refractivity contribution in [3.63, 3.8) is 0 Å². The fraction of sp³-hybridized carbons (Fsp3) is 0.458. The van der Waals surface area contributed by atoms with Crippen molar-refractivity contribution in [2.75, 3.05) is 27.3 Å². The number of ether oxygens (including phenoxy) is 2. The number of aliphatic hydroxyl groups is 5. The Hall–Kier alpha value is -3.93. The number of carbonyl (C=O) groups is 1. The number of methoxy groups -OCH3 is 2. The van der Waals surface area contributed by atoms with Gasteiger partial charge in [0.05, 0.1) is 30.9 Å². The molecule has 1 aliphatic heterocycles. The van der Waals surface area contributed by atoms with Crippen LogP contribution in [0.5, 0.6) is 51.7 Å². The van der Waals surface area contributed by atoms with E-state index in [4.69, 9.17) is 9.47 Å². The Morgan fingerprint density at radius 1 is 0.775 bits per heavy atom. The van der Waals surface area contributed by atoms with Gasteiger partial charge in [0.2, 0.25) is 51.7 Å². The van der Waals surface area contributed by atoms with Crippen molar-refractivity contribution in [1.82, 2.24) is 4.90 Å². The largest absolute Gasteiger partial charge is 0.504 e. The lowest BCUT2D eigenvalue weighted by atomic mass is 9.73. The van der Waals surface area contributed by atoms with Crippen molar-refractivity contribution in [2.24, 2.45) is 5.92 Å². The number of phenolic OH excluding ortho intramolecular Hbond substituents is 7. The van der Waals surface area contributed by atoms with Gasteiger partial charge >= 0.3 is 0 Å². The number of aromatic hydroxyl groups is 7. The molecular weight excluding hydrogens is 542 g/mol. The van der Waals surface area contributed by atoms with Crippen molar-refractivity contribution >= 4 is 5.78 Å². The van der Waals surface area contributed by atoms with E-state index in [-0.39, 0.29) is 38.0 Å². The van der Waals surface area contributed by atoms with Crippen LogP contribution in [0, 0.1) is 5.92 Å². The lowest BCUT2D eigenvalue weighted by Crippen LogP contribution is -2.70. The van der Waals surface area contributed by atoms with E-state index < -0.39 is 91.7 Å². The van der Waals surface area contributed by atoms with Gasteiger partial charge in [-0.1, -0.05) is 0 Å². The molecule has 2 aromatic rings. The van der Waals surface area contributed by atoms with Gasteiger partial charge in [-0.2, -0.15) is 0 Å². The molecule has 2 aromatic carbocycles. The van der Waals surface area contributed by atoms with Gasteiger partial charge in [-0.05, 0) is 25.9 Å². The molecule has 1 saturated heterocycles. The predicted octanol–water partition coefficient (Wildman–Crippen LogP) is -1.70. The number of hydrogen-bond acceptors (Lipinski definition) is 16. The third kappa shape index (κ3) is 3.58. The number of phenols is 7. The molecule has 1 heterocycles. The zero-order valence-electron chi connectivity index (χ0n) is 21.2. The molecule has 2 aliphatic rings. The second kappa shape index (κ2) is 9.33. The van der Waals surface area contributed by atoms with E-state index in [1.54, 1.807) is 0 Å². The maximum atomic E-state index is 13.3. The summed E-state index contributed by atoms with van der Waals surface area (Å²) in [6.07, 6.45) is -0.478. The van der Waals surface area contributed by atoms with Crippen LogP contribution >= 0.6 is 0 Å². The summed E-state index contributed by atoms with van der Waals surface area (Å²) in [4.78, 5) is 14.8. The molecule has 16 heteroatoms. The molecule has 1 fully saturated rings. The molecule has 0 aromatic heterocycles. The number of carbonyl (C=O) groups excluding carboxylic acids is 1. The highest BCUT2D eigenvalue weighted by Crippen LogP contribution is 2.60. The fourth-order valence-corrected chi connectivity index (χ4v) is 5.46. The summed E-state index contributed by atoms with van der Waals surface area (Å²) < 4.78 is 9.82. The van der Waals surface area contributed by atoms with Crippen LogP contribution in [0.1, 0.15) is 34.3 Å². The molecule has 12 N–H and O–H groups in total. The number of benzene rings is 2. The second-order valence-electron chi connectivity index (χ2n) is 9.72. The van der Waals surface area contributed by atoms with Crippen molar-refractivity contribution < 1.29 is 75.5 Å². The van der Waals surface area contributed by atoms with Crippen LogP contribution in [0.2, 0.25) is 0 Å². The van der Waals surface area contributed by atoms with Crippen LogP contribution in [-0.4, -0.2) is 111 Å². The van der Waals surface area contributed by atoms with Crippen LogP contribution in [0.4, 0.5) is 0 Å². The smallest absolute Gasteiger partial charge is 0.240 e. The minimum Gasteiger partial charge on any atom is -0.504 e. The van der Waals surface area contributed by atoms with Crippen LogP contribution in [0.3, 0.4) is 0 Å². The van der Waals surface area contributed by atoms with Gasteiger partial charge in [0, 0.05) is 12.5 Å². The predicted molar refractivity (Wildman–Crippen MR) is 128 cm³/mol. The molecule has 16 nitrogen and oxygen atoms in total. The number of piperidine rings is 1. The van der Waals surface area contributed by atoms with Crippen LogP contribution in [0.15, 0.2) is 0 Å². The summed E-state index contributed by atoms with van der Waals surface area (Å²) in [7, 11) is 2.07. The van der Waals surface area contributed by atoms with Crippen LogP contribution in [0.25, 0.3) is 0 Å². The molecular formula is C24H29NO15. The minimum atomic E-state index is -3.85. The van der Waals surface area contributed by atoms with Crippen LogP contribution in [-0.2, 0) is 12.3 Å². The molecule has 0 amide bonds. The maximum Gasteiger partial charge on any atom is 0.240 e. The quantitative estimate of drug-likeness (QED) is 0.105. The normalized spacial score (nSPS) is 21.4. The molecule has 4 rings (SSSR count). The summed E-state index contributed by atoms with van der Waals surface area (Å²) in [6.45, 7) is -0.461. The zero-order chi connectivity index (χ0) is 30.1. The maximum absolute atomic E-state index is 13.3. The Morgan fingerprint density at radius 3 is 1.70 bits per heavy atom. The molecule has 0 saturated carbocycles. The number of hydrogen-bond donors (Lipinski definition) is 12. The van der Waals surface area contributed by atoms with Gasteiger partial charge in [0.25, 0.3) is 0 Å². The minimum absolute atomic E-state index is 0.0754. The fourth-order valence-electron chi connectivity index (χ4n) is 5.46. The van der Waals surface area contributed by atoms with Crippen molar-refractivity contribution in [2.45, 2.75) is 36.6 Å². The highest BCUT2D eigenvalue weighted by molar-refractivity contribution is 6.12.